The maximum Gasteiger partial charge on any atom is 0.223 e. The molecule has 1 aromatic rings. The average molecular weight is 406 g/mol. The van der Waals surface area contributed by atoms with E-state index in [4.69, 9.17) is 5.26 Å². The summed E-state index contributed by atoms with van der Waals surface area (Å²) in [5.74, 6) is 0.939. The number of nitrogens with one attached hydrogen (secondary N) is 1. The van der Waals surface area contributed by atoms with Crippen molar-refractivity contribution >= 4 is 5.91 Å². The molecule has 0 unspecified atom stereocenters. The van der Waals surface area contributed by atoms with E-state index in [1.54, 1.807) is 4.90 Å². The molecule has 1 saturated heterocycles. The Balaban J connectivity index is 1.54. The van der Waals surface area contributed by atoms with Gasteiger partial charge in [0.25, 0.3) is 0 Å². The van der Waals surface area contributed by atoms with Crippen LogP contribution in [0, 0.1) is 17.4 Å². The molecule has 0 spiro atoms. The number of hydrogen-bond acceptors (Lipinski definition) is 3. The molecule has 1 aromatic carbocycles. The lowest BCUT2D eigenvalue weighted by Gasteiger charge is -2.23. The second-order valence-electron chi connectivity index (χ2n) is 8.68. The monoisotopic (exact) mass is 405 g/mol. The molecule has 0 aromatic heterocycles. The third-order valence-electron chi connectivity index (χ3n) is 6.47. The zero-order chi connectivity index (χ0) is 21.0. The van der Waals surface area contributed by atoms with Crippen LogP contribution in [0.3, 0.4) is 0 Å². The van der Waals surface area contributed by atoms with Crippen LogP contribution in [0.15, 0.2) is 54.6 Å². The van der Waals surface area contributed by atoms with Gasteiger partial charge in [0, 0.05) is 25.0 Å². The molecule has 4 nitrogen and oxygen atoms in total. The van der Waals surface area contributed by atoms with Gasteiger partial charge >= 0.3 is 0 Å². The van der Waals surface area contributed by atoms with Crippen LogP contribution in [0.2, 0.25) is 0 Å². The maximum atomic E-state index is 12.8. The number of likely N-dealkylation sites (tertiary alicyclic amines) is 1. The Bertz CT molecular complexity index is 734. The Morgan fingerprint density at radius 2 is 1.43 bits per heavy atom. The minimum atomic E-state index is 0.130. The van der Waals surface area contributed by atoms with E-state index in [2.05, 4.69) is 60.0 Å². The first-order valence-corrected chi connectivity index (χ1v) is 11.6. The van der Waals surface area contributed by atoms with Gasteiger partial charge in [0.05, 0.1) is 0 Å². The van der Waals surface area contributed by atoms with Gasteiger partial charge in [-0.05, 0) is 43.6 Å². The van der Waals surface area contributed by atoms with Crippen molar-refractivity contribution in [2.75, 3.05) is 13.1 Å². The standard InChI is InChI=1S/C26H35N3O/c27-21-29-19-18-25(20-29)28-26(30)24-16-10-8-14-23(15-9-11-17-24)22-12-6-4-2-1-3-5-7-13-22/h1-7,12-13,23-25H,8-11,14-20H2,(H,28,30)/t23?,24?,25-/m1/s1. The first kappa shape index (κ1) is 22.2. The van der Waals surface area contributed by atoms with E-state index in [-0.39, 0.29) is 17.9 Å². The third kappa shape index (κ3) is 7.06. The zero-order valence-electron chi connectivity index (χ0n) is 18.0. The highest BCUT2D eigenvalue weighted by atomic mass is 16.1. The van der Waals surface area contributed by atoms with Gasteiger partial charge < -0.3 is 10.2 Å². The SMILES string of the molecule is N#CN1CC[C@@H](NC(=O)C2CCCCC(c3ccccccccc3)CCCC2)C1. The average Bonchev–Trinajstić information content (AvgIpc) is 3.22. The van der Waals surface area contributed by atoms with E-state index in [9.17, 15) is 4.79 Å². The molecular weight excluding hydrogens is 370 g/mol. The number of rotatable bonds is 3. The number of carbonyl (C=O) groups excluding carboxylic acids is 1. The molecule has 1 amide bonds. The molecule has 160 valence electrons. The summed E-state index contributed by atoms with van der Waals surface area (Å²) in [4.78, 5) is 14.5. The lowest BCUT2D eigenvalue weighted by Crippen LogP contribution is -2.40. The maximum absolute atomic E-state index is 12.8. The van der Waals surface area contributed by atoms with Gasteiger partial charge in [-0.25, -0.2) is 0 Å². The molecule has 1 N–H and O–H groups in total. The predicted molar refractivity (Wildman–Crippen MR) is 121 cm³/mol. The van der Waals surface area contributed by atoms with Crippen LogP contribution >= 0.6 is 0 Å². The molecule has 0 radical (unpaired) electrons. The summed E-state index contributed by atoms with van der Waals surface area (Å²) >= 11 is 0. The molecule has 1 heterocycles. The predicted octanol–water partition coefficient (Wildman–Crippen LogP) is 5.32. The van der Waals surface area contributed by atoms with Gasteiger partial charge in [-0.1, -0.05) is 80.3 Å². The molecule has 1 aliphatic heterocycles. The fourth-order valence-corrected chi connectivity index (χ4v) is 4.72. The van der Waals surface area contributed by atoms with Crippen LogP contribution in [0.1, 0.15) is 69.3 Å². The summed E-state index contributed by atoms with van der Waals surface area (Å²) in [6, 6.07) is 19.3. The molecule has 2 aliphatic rings. The van der Waals surface area contributed by atoms with E-state index in [1.165, 1.54) is 31.2 Å². The van der Waals surface area contributed by atoms with Crippen LogP contribution in [0.25, 0.3) is 0 Å². The van der Waals surface area contributed by atoms with Crippen LogP contribution in [-0.4, -0.2) is 29.9 Å². The fraction of sp³-hybridized carbons (Fsp3) is 0.538. The lowest BCUT2D eigenvalue weighted by atomic mass is 9.84. The summed E-state index contributed by atoms with van der Waals surface area (Å²) in [7, 11) is 0. The first-order valence-electron chi connectivity index (χ1n) is 11.6. The highest BCUT2D eigenvalue weighted by Crippen LogP contribution is 2.31. The largest absolute Gasteiger partial charge is 0.351 e. The second-order valence-corrected chi connectivity index (χ2v) is 8.68. The summed E-state index contributed by atoms with van der Waals surface area (Å²) < 4.78 is 0. The fourth-order valence-electron chi connectivity index (χ4n) is 4.72. The topological polar surface area (TPSA) is 56.1 Å². The second kappa shape index (κ2) is 12.2. The number of carbonyl (C=O) groups is 1. The Morgan fingerprint density at radius 1 is 0.867 bits per heavy atom. The van der Waals surface area contributed by atoms with E-state index in [1.807, 2.05) is 6.07 Å². The Morgan fingerprint density at radius 3 is 2.00 bits per heavy atom. The van der Waals surface area contributed by atoms with E-state index < -0.39 is 0 Å². The van der Waals surface area contributed by atoms with Crippen molar-refractivity contribution in [1.29, 1.82) is 5.26 Å². The minimum Gasteiger partial charge on any atom is -0.351 e. The van der Waals surface area contributed by atoms with Gasteiger partial charge in [-0.15, -0.1) is 0 Å². The van der Waals surface area contributed by atoms with Gasteiger partial charge in [0.2, 0.25) is 5.91 Å². The number of hydrogen-bond donors (Lipinski definition) is 1. The third-order valence-corrected chi connectivity index (χ3v) is 6.47. The normalized spacial score (nSPS) is 24.9. The number of nitrogens with zero attached hydrogens (tertiary/aromatic N) is 2. The van der Waals surface area contributed by atoms with Gasteiger partial charge in [0.15, 0.2) is 6.19 Å². The Labute approximate surface area is 181 Å². The smallest absolute Gasteiger partial charge is 0.223 e. The highest BCUT2D eigenvalue weighted by Gasteiger charge is 2.26. The van der Waals surface area contributed by atoms with Crippen molar-refractivity contribution in [3.63, 3.8) is 0 Å². The number of nitriles is 1. The molecule has 2 fully saturated rings. The highest BCUT2D eigenvalue weighted by molar-refractivity contribution is 5.79. The van der Waals surface area contributed by atoms with Crippen LogP contribution in [0.5, 0.6) is 0 Å². The molecular formula is C26H35N3O. The Hall–Kier alpha value is -2.54. The van der Waals surface area contributed by atoms with Crippen molar-refractivity contribution < 1.29 is 4.79 Å². The molecule has 1 saturated carbocycles. The first-order chi connectivity index (χ1) is 14.8. The van der Waals surface area contributed by atoms with Crippen molar-refractivity contribution in [1.82, 2.24) is 10.2 Å². The van der Waals surface area contributed by atoms with Crippen LogP contribution in [0.4, 0.5) is 0 Å². The molecule has 0 bridgehead atoms. The van der Waals surface area contributed by atoms with Crippen LogP contribution < -0.4 is 5.32 Å². The summed E-state index contributed by atoms with van der Waals surface area (Å²) in [6.07, 6.45) is 12.0. The van der Waals surface area contributed by atoms with Gasteiger partial charge in [-0.2, -0.15) is 5.26 Å². The van der Waals surface area contributed by atoms with Crippen molar-refractivity contribution in [3.05, 3.63) is 60.2 Å². The van der Waals surface area contributed by atoms with Gasteiger partial charge in [-0.3, -0.25) is 4.79 Å². The molecule has 30 heavy (non-hydrogen) atoms. The lowest BCUT2D eigenvalue weighted by molar-refractivity contribution is -0.126. The molecule has 1 aliphatic carbocycles. The Kier molecular flexibility index (Phi) is 9.03. The molecule has 3 rings (SSSR count). The van der Waals surface area contributed by atoms with Gasteiger partial charge in [0.1, 0.15) is 0 Å². The van der Waals surface area contributed by atoms with E-state index in [0.717, 1.165) is 38.6 Å². The van der Waals surface area contributed by atoms with Crippen molar-refractivity contribution in [2.24, 2.45) is 5.92 Å². The molecule has 4 heteroatoms. The summed E-state index contributed by atoms with van der Waals surface area (Å²) in [5.41, 5.74) is 1.42. The van der Waals surface area contributed by atoms with Crippen molar-refractivity contribution in [3.8, 4) is 6.19 Å². The van der Waals surface area contributed by atoms with Crippen molar-refractivity contribution in [2.45, 2.75) is 69.7 Å². The van der Waals surface area contributed by atoms with Crippen LogP contribution in [-0.2, 0) is 4.79 Å². The summed E-state index contributed by atoms with van der Waals surface area (Å²) in [6.45, 7) is 1.43. The zero-order valence-corrected chi connectivity index (χ0v) is 18.0. The number of amides is 1. The quantitative estimate of drug-likeness (QED) is 0.693. The molecule has 1 atom stereocenters. The minimum absolute atomic E-state index is 0.130. The summed E-state index contributed by atoms with van der Waals surface area (Å²) in [5, 5.41) is 12.2. The van der Waals surface area contributed by atoms with E-state index in [0.29, 0.717) is 12.5 Å². The van der Waals surface area contributed by atoms with E-state index >= 15 is 0 Å².